The molecule has 5 nitrogen and oxygen atoms in total. The Hall–Kier alpha value is -1.75. The first-order valence-corrected chi connectivity index (χ1v) is 6.53. The van der Waals surface area contributed by atoms with Crippen molar-refractivity contribution in [3.8, 4) is 5.75 Å². The summed E-state index contributed by atoms with van der Waals surface area (Å²) in [6.45, 7) is 3.00. The number of amides is 1. The molecule has 1 amide bonds. The van der Waals surface area contributed by atoms with Crippen molar-refractivity contribution in [1.82, 2.24) is 5.32 Å². The third kappa shape index (κ3) is 3.38. The molecule has 0 saturated carbocycles. The molecule has 2 N–H and O–H groups in total. The summed E-state index contributed by atoms with van der Waals surface area (Å²) < 4.78 is 10.8. The molecule has 2 unspecified atom stereocenters. The Morgan fingerprint density at radius 1 is 1.58 bits per heavy atom. The molecule has 0 aromatic heterocycles. The van der Waals surface area contributed by atoms with E-state index in [-0.39, 0.29) is 11.9 Å². The number of rotatable bonds is 5. The molecule has 1 aromatic carbocycles. The van der Waals surface area contributed by atoms with Crippen LogP contribution in [0, 0.1) is 0 Å². The second-order valence-electron chi connectivity index (χ2n) is 4.55. The van der Waals surface area contributed by atoms with Crippen LogP contribution in [0.5, 0.6) is 5.75 Å². The molecule has 1 aliphatic heterocycles. The number of ether oxygens (including phenoxy) is 2. The van der Waals surface area contributed by atoms with E-state index in [1.807, 2.05) is 31.2 Å². The third-order valence-corrected chi connectivity index (χ3v) is 3.13. The maximum Gasteiger partial charge on any atom is 0.263 e. The first-order valence-electron chi connectivity index (χ1n) is 6.53. The highest BCUT2D eigenvalue weighted by atomic mass is 16.5. The van der Waals surface area contributed by atoms with Crippen LogP contribution in [0.3, 0.4) is 0 Å². The highest BCUT2D eigenvalue weighted by Gasteiger charge is 2.26. The minimum absolute atomic E-state index is 0.0262. The zero-order valence-electron chi connectivity index (χ0n) is 11.3. The van der Waals surface area contributed by atoms with Crippen LogP contribution in [-0.4, -0.2) is 38.3 Å². The Balaban J connectivity index is 1.95. The Morgan fingerprint density at radius 2 is 2.37 bits per heavy atom. The molecule has 104 valence electrons. The molecule has 0 saturated heterocycles. The molecular weight excluding hydrogens is 244 g/mol. The minimum atomic E-state index is -0.499. The second-order valence-corrected chi connectivity index (χ2v) is 4.55. The van der Waals surface area contributed by atoms with Gasteiger partial charge in [0.2, 0.25) is 0 Å². The van der Waals surface area contributed by atoms with Crippen LogP contribution in [0.25, 0.3) is 0 Å². The van der Waals surface area contributed by atoms with Crippen LogP contribution < -0.4 is 15.4 Å². The average Bonchev–Trinajstić information content (AvgIpc) is 2.46. The highest BCUT2D eigenvalue weighted by Crippen LogP contribution is 2.28. The molecule has 0 bridgehead atoms. The quantitative estimate of drug-likeness (QED) is 0.844. The van der Waals surface area contributed by atoms with Crippen molar-refractivity contribution in [2.24, 2.45) is 0 Å². The summed E-state index contributed by atoms with van der Waals surface area (Å²) in [6, 6.07) is 7.64. The SMILES string of the molecule is CCC(COC)NC(=O)C1CNc2ccccc2O1. The van der Waals surface area contributed by atoms with Gasteiger partial charge in [-0.3, -0.25) is 4.79 Å². The van der Waals surface area contributed by atoms with E-state index in [1.165, 1.54) is 0 Å². The first kappa shape index (κ1) is 13.7. The molecule has 1 heterocycles. The van der Waals surface area contributed by atoms with Gasteiger partial charge in [-0.1, -0.05) is 19.1 Å². The summed E-state index contributed by atoms with van der Waals surface area (Å²) in [5.74, 6) is 0.611. The molecule has 0 radical (unpaired) electrons. The fourth-order valence-electron chi connectivity index (χ4n) is 2.02. The number of carbonyl (C=O) groups excluding carboxylic acids is 1. The van der Waals surface area contributed by atoms with Gasteiger partial charge in [0.25, 0.3) is 5.91 Å². The maximum atomic E-state index is 12.1. The van der Waals surface area contributed by atoms with Gasteiger partial charge in [0.15, 0.2) is 6.10 Å². The van der Waals surface area contributed by atoms with Gasteiger partial charge in [-0.25, -0.2) is 0 Å². The number of carbonyl (C=O) groups is 1. The molecule has 5 heteroatoms. The predicted octanol–water partition coefficient (Wildman–Crippen LogP) is 1.40. The Morgan fingerprint density at radius 3 is 3.11 bits per heavy atom. The smallest absolute Gasteiger partial charge is 0.263 e. The lowest BCUT2D eigenvalue weighted by Gasteiger charge is -2.28. The van der Waals surface area contributed by atoms with Gasteiger partial charge in [-0.2, -0.15) is 0 Å². The molecule has 2 rings (SSSR count). The average molecular weight is 264 g/mol. The summed E-state index contributed by atoms with van der Waals surface area (Å²) in [5.41, 5.74) is 0.926. The number of methoxy groups -OCH3 is 1. The molecule has 1 aliphatic rings. The standard InChI is InChI=1S/C14H20N2O3/c1-3-10(9-18-2)16-14(17)13-8-15-11-6-4-5-7-12(11)19-13/h4-7,10,13,15H,3,8-9H2,1-2H3,(H,16,17). The summed E-state index contributed by atoms with van der Waals surface area (Å²) in [7, 11) is 1.63. The van der Waals surface area contributed by atoms with Crippen molar-refractivity contribution in [2.45, 2.75) is 25.5 Å². The zero-order chi connectivity index (χ0) is 13.7. The van der Waals surface area contributed by atoms with Crippen molar-refractivity contribution in [3.63, 3.8) is 0 Å². The third-order valence-electron chi connectivity index (χ3n) is 3.13. The lowest BCUT2D eigenvalue weighted by atomic mass is 10.2. The highest BCUT2D eigenvalue weighted by molar-refractivity contribution is 5.83. The van der Waals surface area contributed by atoms with Crippen LogP contribution in [0.4, 0.5) is 5.69 Å². The number of para-hydroxylation sites is 2. The fourth-order valence-corrected chi connectivity index (χ4v) is 2.02. The van der Waals surface area contributed by atoms with E-state index in [9.17, 15) is 4.79 Å². The van der Waals surface area contributed by atoms with Crippen molar-refractivity contribution < 1.29 is 14.3 Å². The number of hydrogen-bond donors (Lipinski definition) is 2. The molecular formula is C14H20N2O3. The van der Waals surface area contributed by atoms with E-state index in [0.717, 1.165) is 12.1 Å². The summed E-state index contributed by atoms with van der Waals surface area (Å²) >= 11 is 0. The molecule has 19 heavy (non-hydrogen) atoms. The van der Waals surface area contributed by atoms with Gasteiger partial charge in [0, 0.05) is 7.11 Å². The van der Waals surface area contributed by atoms with Gasteiger partial charge in [-0.05, 0) is 18.6 Å². The molecule has 2 atom stereocenters. The summed E-state index contributed by atoms with van der Waals surface area (Å²) in [6.07, 6.45) is 0.330. The van der Waals surface area contributed by atoms with E-state index in [1.54, 1.807) is 7.11 Å². The first-order chi connectivity index (χ1) is 9.24. The Labute approximate surface area is 113 Å². The molecule has 0 fully saturated rings. The van der Waals surface area contributed by atoms with E-state index in [4.69, 9.17) is 9.47 Å². The van der Waals surface area contributed by atoms with Gasteiger partial charge < -0.3 is 20.1 Å². The normalized spacial score (nSPS) is 18.7. The molecule has 1 aromatic rings. The van der Waals surface area contributed by atoms with Gasteiger partial charge in [0.1, 0.15) is 5.75 Å². The van der Waals surface area contributed by atoms with E-state index in [0.29, 0.717) is 18.9 Å². The van der Waals surface area contributed by atoms with Crippen LogP contribution in [0.2, 0.25) is 0 Å². The maximum absolute atomic E-state index is 12.1. The summed E-state index contributed by atoms with van der Waals surface area (Å²) in [5, 5.41) is 6.14. The van der Waals surface area contributed by atoms with E-state index >= 15 is 0 Å². The minimum Gasteiger partial charge on any atom is -0.477 e. The second kappa shape index (κ2) is 6.43. The fraction of sp³-hybridized carbons (Fsp3) is 0.500. The van der Waals surface area contributed by atoms with Crippen LogP contribution in [-0.2, 0) is 9.53 Å². The van der Waals surface area contributed by atoms with Crippen molar-refractivity contribution in [3.05, 3.63) is 24.3 Å². The van der Waals surface area contributed by atoms with Crippen LogP contribution in [0.15, 0.2) is 24.3 Å². The van der Waals surface area contributed by atoms with Crippen molar-refractivity contribution in [1.29, 1.82) is 0 Å². The lowest BCUT2D eigenvalue weighted by molar-refractivity contribution is -0.128. The van der Waals surface area contributed by atoms with Crippen molar-refractivity contribution in [2.75, 3.05) is 25.6 Å². The van der Waals surface area contributed by atoms with Crippen LogP contribution >= 0.6 is 0 Å². The number of nitrogens with one attached hydrogen (secondary N) is 2. The summed E-state index contributed by atoms with van der Waals surface area (Å²) in [4.78, 5) is 12.1. The van der Waals surface area contributed by atoms with Gasteiger partial charge in [-0.15, -0.1) is 0 Å². The Kier molecular flexibility index (Phi) is 4.63. The van der Waals surface area contributed by atoms with E-state index in [2.05, 4.69) is 10.6 Å². The molecule has 0 spiro atoms. The number of hydrogen-bond acceptors (Lipinski definition) is 4. The number of anilines is 1. The molecule has 0 aliphatic carbocycles. The topological polar surface area (TPSA) is 59.6 Å². The Bertz CT molecular complexity index is 436. The number of fused-ring (bicyclic) bond motifs is 1. The predicted molar refractivity (Wildman–Crippen MR) is 73.4 cm³/mol. The van der Waals surface area contributed by atoms with Crippen molar-refractivity contribution >= 4 is 11.6 Å². The van der Waals surface area contributed by atoms with Gasteiger partial charge in [0.05, 0.1) is 24.9 Å². The monoisotopic (exact) mass is 264 g/mol. The largest absolute Gasteiger partial charge is 0.477 e. The number of benzene rings is 1. The zero-order valence-corrected chi connectivity index (χ0v) is 11.3. The van der Waals surface area contributed by atoms with Crippen LogP contribution in [0.1, 0.15) is 13.3 Å². The van der Waals surface area contributed by atoms with Gasteiger partial charge >= 0.3 is 0 Å². The lowest BCUT2D eigenvalue weighted by Crippen LogP contribution is -2.49. The van der Waals surface area contributed by atoms with E-state index < -0.39 is 6.10 Å².